The van der Waals surface area contributed by atoms with E-state index in [-0.39, 0.29) is 35.8 Å². The minimum atomic E-state index is -1.94. The minimum Gasteiger partial charge on any atom is -0.504 e. The SMILES string of the molecule is CCOc1cccc(C2C3=CCC4C(=O)N(C5CCCCC5)C(=O)C4C3CC3(Cl)C(=O)N(C)C(=O)C23Cl)c1O. The van der Waals surface area contributed by atoms with Crippen molar-refractivity contribution >= 4 is 46.8 Å². The smallest absolute Gasteiger partial charge is 0.253 e. The van der Waals surface area contributed by atoms with Crippen LogP contribution >= 0.6 is 23.2 Å². The van der Waals surface area contributed by atoms with E-state index < -0.39 is 45.2 Å². The molecular formula is C29H32Cl2N2O6. The number of hydrogen-bond donors (Lipinski definition) is 1. The van der Waals surface area contributed by atoms with Gasteiger partial charge in [-0.2, -0.15) is 0 Å². The zero-order valence-corrected chi connectivity index (χ0v) is 23.5. The number of amides is 4. The lowest BCUT2D eigenvalue weighted by Gasteiger charge is -2.50. The lowest BCUT2D eigenvalue weighted by atomic mass is 9.56. The molecule has 8 nitrogen and oxygen atoms in total. The topological polar surface area (TPSA) is 104 Å². The second-order valence-electron chi connectivity index (χ2n) is 11.5. The van der Waals surface area contributed by atoms with Crippen molar-refractivity contribution < 1.29 is 29.0 Å². The Morgan fingerprint density at radius 2 is 1.74 bits per heavy atom. The van der Waals surface area contributed by atoms with Gasteiger partial charge < -0.3 is 9.84 Å². The van der Waals surface area contributed by atoms with E-state index in [0.29, 0.717) is 24.2 Å². The number of halogens is 2. The number of para-hydroxylation sites is 1. The number of nitrogens with zero attached hydrogens (tertiary/aromatic N) is 2. The highest BCUT2D eigenvalue weighted by molar-refractivity contribution is 6.53. The van der Waals surface area contributed by atoms with Gasteiger partial charge in [0.05, 0.1) is 18.4 Å². The van der Waals surface area contributed by atoms with E-state index in [9.17, 15) is 24.3 Å². The number of phenols is 1. The third kappa shape index (κ3) is 3.43. The van der Waals surface area contributed by atoms with E-state index in [4.69, 9.17) is 27.9 Å². The van der Waals surface area contributed by atoms with Gasteiger partial charge in [-0.3, -0.25) is 29.0 Å². The molecule has 1 N–H and O–H groups in total. The Bertz CT molecular complexity index is 1310. The molecule has 1 aromatic carbocycles. The van der Waals surface area contributed by atoms with Crippen LogP contribution in [0.4, 0.5) is 0 Å². The molecule has 2 saturated heterocycles. The molecule has 1 aromatic rings. The fourth-order valence-electron chi connectivity index (χ4n) is 7.86. The summed E-state index contributed by atoms with van der Waals surface area (Å²) in [6.07, 6.45) is 6.78. The molecule has 6 unspecified atom stereocenters. The molecule has 208 valence electrons. The first kappa shape index (κ1) is 26.6. The number of hydrogen-bond acceptors (Lipinski definition) is 6. The number of carbonyl (C=O) groups is 4. The predicted molar refractivity (Wildman–Crippen MR) is 143 cm³/mol. The van der Waals surface area contributed by atoms with Gasteiger partial charge in [0, 0.05) is 24.6 Å². The summed E-state index contributed by atoms with van der Waals surface area (Å²) >= 11 is 14.4. The standard InChI is InChI=1S/C29H32Cl2N2O6/c1-3-39-20-11-7-10-18(23(20)34)22-16-12-13-17-21(25(36)33(24(17)35)15-8-5-4-6-9-15)19(16)14-28(30)26(37)32(2)27(38)29(22,28)31/h7,10-12,15,17,19,21-22,34H,3-6,8-9,13-14H2,1-2H3. The van der Waals surface area contributed by atoms with Crippen LogP contribution in [0, 0.1) is 17.8 Å². The van der Waals surface area contributed by atoms with Gasteiger partial charge in [0.2, 0.25) is 11.8 Å². The predicted octanol–water partition coefficient (Wildman–Crippen LogP) is 4.11. The first-order valence-corrected chi connectivity index (χ1v) is 14.5. The Labute approximate surface area is 237 Å². The van der Waals surface area contributed by atoms with Crippen LogP contribution in [0.3, 0.4) is 0 Å². The normalized spacial score (nSPS) is 36.6. The van der Waals surface area contributed by atoms with Crippen molar-refractivity contribution in [2.24, 2.45) is 17.8 Å². The number of alkyl halides is 2. The van der Waals surface area contributed by atoms with Gasteiger partial charge in [-0.1, -0.05) is 43.0 Å². The molecule has 39 heavy (non-hydrogen) atoms. The van der Waals surface area contributed by atoms with Crippen molar-refractivity contribution in [3.8, 4) is 11.5 Å². The number of imide groups is 2. The zero-order valence-electron chi connectivity index (χ0n) is 22.0. The molecule has 0 bridgehead atoms. The van der Waals surface area contributed by atoms with Crippen LogP contribution in [0.15, 0.2) is 29.8 Å². The van der Waals surface area contributed by atoms with E-state index in [2.05, 4.69) is 0 Å². The van der Waals surface area contributed by atoms with Crippen LogP contribution in [0.25, 0.3) is 0 Å². The van der Waals surface area contributed by atoms with Crippen LogP contribution < -0.4 is 4.74 Å². The van der Waals surface area contributed by atoms with Crippen LogP contribution in [0.1, 0.15) is 63.4 Å². The van der Waals surface area contributed by atoms with Gasteiger partial charge in [-0.05, 0) is 44.6 Å². The maximum Gasteiger partial charge on any atom is 0.253 e. The molecule has 2 heterocycles. The van der Waals surface area contributed by atoms with Gasteiger partial charge in [0.25, 0.3) is 11.8 Å². The fourth-order valence-corrected chi connectivity index (χ4v) is 8.87. The average molecular weight is 575 g/mol. The molecule has 0 aromatic heterocycles. The number of benzene rings is 1. The highest BCUT2D eigenvalue weighted by atomic mass is 35.5. The largest absolute Gasteiger partial charge is 0.504 e. The van der Waals surface area contributed by atoms with Crippen molar-refractivity contribution in [3.63, 3.8) is 0 Å². The fraction of sp³-hybridized carbons (Fsp3) is 0.586. The van der Waals surface area contributed by atoms with E-state index >= 15 is 0 Å². The summed E-state index contributed by atoms with van der Waals surface area (Å²) in [4.78, 5) is 53.5. The number of allylic oxidation sites excluding steroid dienone is 2. The molecule has 0 spiro atoms. The summed E-state index contributed by atoms with van der Waals surface area (Å²) in [5.74, 6) is -4.53. The van der Waals surface area contributed by atoms with E-state index in [1.165, 1.54) is 11.9 Å². The lowest BCUT2D eigenvalue weighted by Crippen LogP contribution is -2.60. The van der Waals surface area contributed by atoms with Gasteiger partial charge in [0.15, 0.2) is 21.2 Å². The van der Waals surface area contributed by atoms with Crippen molar-refractivity contribution in [3.05, 3.63) is 35.4 Å². The molecule has 3 aliphatic carbocycles. The second kappa shape index (κ2) is 9.23. The highest BCUT2D eigenvalue weighted by Gasteiger charge is 2.76. The Kier molecular flexibility index (Phi) is 6.30. The Morgan fingerprint density at radius 3 is 2.44 bits per heavy atom. The first-order valence-electron chi connectivity index (χ1n) is 13.8. The van der Waals surface area contributed by atoms with E-state index in [1.54, 1.807) is 25.1 Å². The van der Waals surface area contributed by atoms with E-state index in [1.807, 2.05) is 6.08 Å². The lowest BCUT2D eigenvalue weighted by molar-refractivity contribution is -0.144. The van der Waals surface area contributed by atoms with Crippen LogP contribution in [0.2, 0.25) is 0 Å². The Morgan fingerprint density at radius 1 is 1.03 bits per heavy atom. The molecule has 4 amide bonds. The number of carbonyl (C=O) groups excluding carboxylic acids is 4. The summed E-state index contributed by atoms with van der Waals surface area (Å²) in [7, 11) is 1.35. The Balaban J connectivity index is 1.51. The summed E-state index contributed by atoms with van der Waals surface area (Å²) < 4.78 is 5.61. The van der Waals surface area contributed by atoms with Crippen molar-refractivity contribution in [1.82, 2.24) is 9.80 Å². The number of rotatable bonds is 4. The molecule has 6 atom stereocenters. The summed E-state index contributed by atoms with van der Waals surface area (Å²) in [6.45, 7) is 2.09. The van der Waals surface area contributed by atoms with Gasteiger partial charge in [0.1, 0.15) is 0 Å². The molecule has 6 rings (SSSR count). The summed E-state index contributed by atoms with van der Waals surface area (Å²) in [5, 5.41) is 11.3. The van der Waals surface area contributed by atoms with Crippen LogP contribution in [-0.2, 0) is 19.2 Å². The third-order valence-corrected chi connectivity index (χ3v) is 11.0. The monoisotopic (exact) mass is 574 g/mol. The molecule has 5 aliphatic rings. The van der Waals surface area contributed by atoms with Gasteiger partial charge in [-0.15, -0.1) is 23.2 Å². The number of ether oxygens (including phenoxy) is 1. The van der Waals surface area contributed by atoms with Gasteiger partial charge in [-0.25, -0.2) is 0 Å². The third-order valence-electron chi connectivity index (χ3n) is 9.63. The van der Waals surface area contributed by atoms with Crippen LogP contribution in [-0.4, -0.2) is 68.0 Å². The maximum absolute atomic E-state index is 14.0. The molecule has 2 aliphatic heterocycles. The summed E-state index contributed by atoms with van der Waals surface area (Å²) in [5.41, 5.74) is 0.960. The molecular weight excluding hydrogens is 543 g/mol. The maximum atomic E-state index is 14.0. The van der Waals surface area contributed by atoms with Crippen molar-refractivity contribution in [2.45, 2.75) is 73.6 Å². The zero-order chi connectivity index (χ0) is 27.9. The van der Waals surface area contributed by atoms with Crippen molar-refractivity contribution in [2.75, 3.05) is 13.7 Å². The quantitative estimate of drug-likeness (QED) is 0.329. The number of fused-ring (bicyclic) bond motifs is 4. The number of aromatic hydroxyl groups is 1. The second-order valence-corrected chi connectivity index (χ2v) is 12.7. The minimum absolute atomic E-state index is 0.0556. The summed E-state index contributed by atoms with van der Waals surface area (Å²) in [6, 6.07) is 4.83. The molecule has 4 fully saturated rings. The Hall–Kier alpha value is -2.58. The van der Waals surface area contributed by atoms with E-state index in [0.717, 1.165) is 37.0 Å². The number of phenolic OH excluding ortho intramolecular Hbond substituents is 1. The molecule has 0 radical (unpaired) electrons. The molecule has 10 heteroatoms. The van der Waals surface area contributed by atoms with Gasteiger partial charge >= 0.3 is 0 Å². The molecule has 2 saturated carbocycles. The van der Waals surface area contributed by atoms with Crippen LogP contribution in [0.5, 0.6) is 11.5 Å². The average Bonchev–Trinajstić information content (AvgIpc) is 3.26. The van der Waals surface area contributed by atoms with Crippen molar-refractivity contribution in [1.29, 1.82) is 0 Å². The first-order chi connectivity index (χ1) is 18.6. The number of likely N-dealkylation sites (tertiary alicyclic amines) is 2. The highest BCUT2D eigenvalue weighted by Crippen LogP contribution is 2.66.